The standard InChI is InChI=1S/C13H18N2O3S/c1-10-9-13(11(2)8-12(10)18-4)19(16,17)15(3)7-5-6-14/h8-9H,5,7H2,1-4H3. The lowest BCUT2D eigenvalue weighted by Crippen LogP contribution is -2.28. The highest BCUT2D eigenvalue weighted by Crippen LogP contribution is 2.27. The Kier molecular flexibility index (Phi) is 4.92. The van der Waals surface area contributed by atoms with Crippen molar-refractivity contribution in [2.24, 2.45) is 0 Å². The van der Waals surface area contributed by atoms with Gasteiger partial charge >= 0.3 is 0 Å². The topological polar surface area (TPSA) is 70.4 Å². The van der Waals surface area contributed by atoms with E-state index in [4.69, 9.17) is 10.00 Å². The van der Waals surface area contributed by atoms with Gasteiger partial charge in [0.2, 0.25) is 10.0 Å². The molecule has 0 N–H and O–H groups in total. The molecule has 19 heavy (non-hydrogen) atoms. The SMILES string of the molecule is COc1cc(C)c(S(=O)(=O)N(C)CCC#N)cc1C. The van der Waals surface area contributed by atoms with Crippen molar-refractivity contribution in [1.29, 1.82) is 5.26 Å². The van der Waals surface area contributed by atoms with Gasteiger partial charge in [0.25, 0.3) is 0 Å². The highest BCUT2D eigenvalue weighted by molar-refractivity contribution is 7.89. The zero-order valence-electron chi connectivity index (χ0n) is 11.6. The van der Waals surface area contributed by atoms with Gasteiger partial charge in [-0.1, -0.05) is 0 Å². The van der Waals surface area contributed by atoms with Crippen molar-refractivity contribution >= 4 is 10.0 Å². The van der Waals surface area contributed by atoms with Gasteiger partial charge < -0.3 is 4.74 Å². The maximum absolute atomic E-state index is 12.4. The van der Waals surface area contributed by atoms with Crippen LogP contribution in [0.1, 0.15) is 17.5 Å². The Morgan fingerprint density at radius 3 is 2.47 bits per heavy atom. The largest absolute Gasteiger partial charge is 0.496 e. The molecule has 0 unspecified atom stereocenters. The Morgan fingerprint density at radius 1 is 1.32 bits per heavy atom. The average molecular weight is 282 g/mol. The highest BCUT2D eigenvalue weighted by Gasteiger charge is 2.23. The number of ether oxygens (including phenoxy) is 1. The van der Waals surface area contributed by atoms with Crippen molar-refractivity contribution in [2.45, 2.75) is 25.2 Å². The summed E-state index contributed by atoms with van der Waals surface area (Å²) in [4.78, 5) is 0.256. The Bertz CT molecular complexity index is 603. The van der Waals surface area contributed by atoms with Gasteiger partial charge in [-0.15, -0.1) is 0 Å². The lowest BCUT2D eigenvalue weighted by atomic mass is 10.1. The van der Waals surface area contributed by atoms with Crippen LogP contribution in [0.3, 0.4) is 0 Å². The van der Waals surface area contributed by atoms with E-state index in [1.165, 1.54) is 11.4 Å². The molecule has 0 heterocycles. The lowest BCUT2D eigenvalue weighted by molar-refractivity contribution is 0.410. The van der Waals surface area contributed by atoms with E-state index >= 15 is 0 Å². The predicted molar refractivity (Wildman–Crippen MR) is 72.5 cm³/mol. The van der Waals surface area contributed by atoms with Crippen molar-refractivity contribution in [3.63, 3.8) is 0 Å². The number of hydrogen-bond acceptors (Lipinski definition) is 4. The number of nitriles is 1. The van der Waals surface area contributed by atoms with E-state index in [-0.39, 0.29) is 17.9 Å². The second kappa shape index (κ2) is 6.04. The van der Waals surface area contributed by atoms with Crippen LogP contribution in [-0.2, 0) is 10.0 Å². The summed E-state index contributed by atoms with van der Waals surface area (Å²) in [6.07, 6.45) is 0.171. The van der Waals surface area contributed by atoms with Crippen LogP contribution in [0.25, 0.3) is 0 Å². The molecule has 0 fully saturated rings. The third kappa shape index (κ3) is 3.25. The molecule has 0 aromatic heterocycles. The lowest BCUT2D eigenvalue weighted by Gasteiger charge is -2.18. The summed E-state index contributed by atoms with van der Waals surface area (Å²) in [6.45, 7) is 3.71. The molecule has 1 rings (SSSR count). The first-order valence-electron chi connectivity index (χ1n) is 5.83. The van der Waals surface area contributed by atoms with Gasteiger partial charge in [0, 0.05) is 20.0 Å². The summed E-state index contributed by atoms with van der Waals surface area (Å²) >= 11 is 0. The highest BCUT2D eigenvalue weighted by atomic mass is 32.2. The Morgan fingerprint density at radius 2 is 1.95 bits per heavy atom. The smallest absolute Gasteiger partial charge is 0.243 e. The first kappa shape index (κ1) is 15.5. The molecule has 5 nitrogen and oxygen atoms in total. The fraction of sp³-hybridized carbons (Fsp3) is 0.462. The van der Waals surface area contributed by atoms with Crippen LogP contribution in [0.4, 0.5) is 0 Å². The molecule has 0 radical (unpaired) electrons. The normalized spacial score (nSPS) is 11.4. The zero-order chi connectivity index (χ0) is 14.6. The third-order valence-electron chi connectivity index (χ3n) is 2.92. The van der Waals surface area contributed by atoms with Crippen LogP contribution in [0, 0.1) is 25.2 Å². The summed E-state index contributed by atoms with van der Waals surface area (Å²) in [5.74, 6) is 0.663. The van der Waals surface area contributed by atoms with Crippen molar-refractivity contribution in [3.05, 3.63) is 23.3 Å². The first-order chi connectivity index (χ1) is 8.84. The van der Waals surface area contributed by atoms with Gasteiger partial charge in [0.1, 0.15) is 5.75 Å². The van der Waals surface area contributed by atoms with Crippen LogP contribution in [0.2, 0.25) is 0 Å². The number of nitrogens with zero attached hydrogens (tertiary/aromatic N) is 2. The van der Waals surface area contributed by atoms with Gasteiger partial charge in [-0.2, -0.15) is 9.57 Å². The van der Waals surface area contributed by atoms with E-state index in [2.05, 4.69) is 0 Å². The quantitative estimate of drug-likeness (QED) is 0.826. The summed E-state index contributed by atoms with van der Waals surface area (Å²) in [7, 11) is -0.534. The number of benzene rings is 1. The van der Waals surface area contributed by atoms with Gasteiger partial charge in [0.05, 0.1) is 18.1 Å². The fourth-order valence-corrected chi connectivity index (χ4v) is 3.22. The van der Waals surface area contributed by atoms with Crippen LogP contribution < -0.4 is 4.74 Å². The van der Waals surface area contributed by atoms with Crippen molar-refractivity contribution in [2.75, 3.05) is 20.7 Å². The predicted octanol–water partition coefficient (Wildman–Crippen LogP) is 1.85. The second-order valence-corrected chi connectivity index (χ2v) is 6.34. The molecule has 0 spiro atoms. The molecule has 0 amide bonds. The molecule has 0 saturated heterocycles. The molecule has 1 aromatic carbocycles. The maximum Gasteiger partial charge on any atom is 0.243 e. The van der Waals surface area contributed by atoms with Crippen molar-refractivity contribution < 1.29 is 13.2 Å². The third-order valence-corrected chi connectivity index (χ3v) is 4.92. The first-order valence-corrected chi connectivity index (χ1v) is 7.27. The fourth-order valence-electron chi connectivity index (χ4n) is 1.76. The maximum atomic E-state index is 12.4. The minimum absolute atomic E-state index is 0.171. The van der Waals surface area contributed by atoms with E-state index in [0.717, 1.165) is 5.56 Å². The molecule has 1 aromatic rings. The van der Waals surface area contributed by atoms with Crippen LogP contribution in [0.5, 0.6) is 5.75 Å². The van der Waals surface area contributed by atoms with Gasteiger partial charge in [-0.25, -0.2) is 8.42 Å². The molecule has 0 saturated carbocycles. The number of aryl methyl sites for hydroxylation is 2. The molecule has 0 aliphatic rings. The van der Waals surface area contributed by atoms with Gasteiger partial charge in [-0.05, 0) is 37.1 Å². The minimum atomic E-state index is -3.56. The van der Waals surface area contributed by atoms with Crippen LogP contribution >= 0.6 is 0 Å². The summed E-state index contributed by atoms with van der Waals surface area (Å²) < 4.78 is 31.1. The monoisotopic (exact) mass is 282 g/mol. The number of sulfonamides is 1. The molecule has 0 bridgehead atoms. The van der Waals surface area contributed by atoms with E-state index in [1.54, 1.807) is 33.1 Å². The van der Waals surface area contributed by atoms with E-state index in [0.29, 0.717) is 11.3 Å². The molecule has 0 aliphatic heterocycles. The Hall–Kier alpha value is -1.58. The van der Waals surface area contributed by atoms with Crippen molar-refractivity contribution in [3.8, 4) is 11.8 Å². The van der Waals surface area contributed by atoms with E-state index < -0.39 is 10.0 Å². The number of rotatable bonds is 5. The van der Waals surface area contributed by atoms with Gasteiger partial charge in [0.15, 0.2) is 0 Å². The van der Waals surface area contributed by atoms with Crippen LogP contribution in [0.15, 0.2) is 17.0 Å². The molecular formula is C13H18N2O3S. The van der Waals surface area contributed by atoms with E-state index in [9.17, 15) is 8.42 Å². The van der Waals surface area contributed by atoms with Crippen molar-refractivity contribution in [1.82, 2.24) is 4.31 Å². The summed E-state index contributed by atoms with van der Waals surface area (Å²) in [5, 5.41) is 8.53. The van der Waals surface area contributed by atoms with Crippen LogP contribution in [-0.4, -0.2) is 33.4 Å². The molecule has 6 heteroatoms. The Balaban J connectivity index is 3.23. The Labute approximate surface area is 114 Å². The zero-order valence-corrected chi connectivity index (χ0v) is 12.4. The average Bonchev–Trinajstić information content (AvgIpc) is 2.37. The molecule has 104 valence electrons. The molecule has 0 aliphatic carbocycles. The molecular weight excluding hydrogens is 264 g/mol. The summed E-state index contributed by atoms with van der Waals surface area (Å²) in [6, 6.07) is 5.25. The second-order valence-electron chi connectivity index (χ2n) is 4.32. The molecule has 0 atom stereocenters. The number of hydrogen-bond donors (Lipinski definition) is 0. The van der Waals surface area contributed by atoms with E-state index in [1.807, 2.05) is 6.07 Å². The number of methoxy groups -OCH3 is 1. The summed E-state index contributed by atoms with van der Waals surface area (Å²) in [5.41, 5.74) is 1.40. The van der Waals surface area contributed by atoms with Gasteiger partial charge in [-0.3, -0.25) is 0 Å². The minimum Gasteiger partial charge on any atom is -0.496 e.